The Morgan fingerprint density at radius 1 is 1.71 bits per heavy atom. The lowest BCUT2D eigenvalue weighted by molar-refractivity contribution is -0.148. The van der Waals surface area contributed by atoms with Gasteiger partial charge in [-0.3, -0.25) is 4.79 Å². The van der Waals surface area contributed by atoms with Crippen LogP contribution in [0.1, 0.15) is 26.7 Å². The molecule has 1 saturated heterocycles. The third-order valence-corrected chi connectivity index (χ3v) is 3.18. The highest BCUT2D eigenvalue weighted by Crippen LogP contribution is 2.25. The molecule has 0 aromatic heterocycles. The second-order valence-electron chi connectivity index (χ2n) is 4.62. The molecule has 1 aliphatic rings. The predicted octanol–water partition coefficient (Wildman–Crippen LogP) is -0.346. The number of primary amides is 1. The highest BCUT2D eigenvalue weighted by molar-refractivity contribution is 5.83. The highest BCUT2D eigenvalue weighted by atomic mass is 16.2. The molecule has 17 heavy (non-hydrogen) atoms. The van der Waals surface area contributed by atoms with Gasteiger partial charge in [-0.1, -0.05) is 0 Å². The Morgan fingerprint density at radius 3 is 2.82 bits per heavy atom. The van der Waals surface area contributed by atoms with Crippen LogP contribution in [0, 0.1) is 11.3 Å². The molecule has 0 radical (unpaired) electrons. The molecule has 1 amide bonds. The summed E-state index contributed by atoms with van der Waals surface area (Å²) in [5.41, 5.74) is 4.38. The molecular formula is C11H18N4O2. The van der Waals surface area contributed by atoms with Gasteiger partial charge in [0, 0.05) is 6.54 Å². The number of hydrogen-bond donors (Lipinski definition) is 1. The fraction of sp³-hybridized carbons (Fsp3) is 0.727. The zero-order valence-electron chi connectivity index (χ0n) is 10.2. The molecule has 0 aromatic rings. The second kappa shape index (κ2) is 5.25. The quantitative estimate of drug-likeness (QED) is 0.661. The van der Waals surface area contributed by atoms with Crippen molar-refractivity contribution in [3.8, 4) is 6.07 Å². The maximum absolute atomic E-state index is 11.4. The molecule has 0 spiro atoms. The first-order valence-electron chi connectivity index (χ1n) is 5.62. The third-order valence-electron chi connectivity index (χ3n) is 3.18. The summed E-state index contributed by atoms with van der Waals surface area (Å²) in [4.78, 5) is 22.2. The first kappa shape index (κ1) is 13.6. The number of hydrogen-bond acceptors (Lipinski definition) is 5. The van der Waals surface area contributed by atoms with E-state index in [1.165, 1.54) is 0 Å². The van der Waals surface area contributed by atoms with Crippen molar-refractivity contribution < 1.29 is 9.59 Å². The molecule has 1 heterocycles. The van der Waals surface area contributed by atoms with Crippen LogP contribution in [-0.2, 0) is 9.59 Å². The van der Waals surface area contributed by atoms with Gasteiger partial charge in [-0.2, -0.15) is 5.26 Å². The van der Waals surface area contributed by atoms with Crippen LogP contribution in [0.15, 0.2) is 0 Å². The number of nitriles is 1. The number of rotatable bonds is 5. The minimum Gasteiger partial charge on any atom is -0.368 e. The zero-order valence-corrected chi connectivity index (χ0v) is 10.2. The third kappa shape index (κ3) is 2.62. The normalized spacial score (nSPS) is 21.4. The van der Waals surface area contributed by atoms with Gasteiger partial charge in [-0.25, -0.2) is 10.0 Å². The van der Waals surface area contributed by atoms with E-state index >= 15 is 0 Å². The van der Waals surface area contributed by atoms with Crippen molar-refractivity contribution in [2.75, 3.05) is 13.1 Å². The summed E-state index contributed by atoms with van der Waals surface area (Å²) in [7, 11) is 0. The lowest BCUT2D eigenvalue weighted by Gasteiger charge is -2.42. The van der Waals surface area contributed by atoms with Crippen LogP contribution in [0.4, 0.5) is 0 Å². The van der Waals surface area contributed by atoms with E-state index in [2.05, 4.69) is 6.07 Å². The standard InChI is InChI=1S/C11H18N4O2/c1-11(2,10(13)17)15(6-7-16)14-5-3-4-9(14)8-12/h7,9H,3-6H2,1-2H3,(H2,13,17). The first-order valence-corrected chi connectivity index (χ1v) is 5.62. The maximum Gasteiger partial charge on any atom is 0.238 e. The minimum absolute atomic E-state index is 0.0636. The van der Waals surface area contributed by atoms with Crippen molar-refractivity contribution >= 4 is 12.2 Å². The molecule has 0 aliphatic carbocycles. The van der Waals surface area contributed by atoms with E-state index < -0.39 is 11.4 Å². The highest BCUT2D eigenvalue weighted by Gasteiger charge is 2.40. The number of carbonyl (C=O) groups excluding carboxylic acids is 2. The lowest BCUT2D eigenvalue weighted by atomic mass is 10.0. The second-order valence-corrected chi connectivity index (χ2v) is 4.62. The summed E-state index contributed by atoms with van der Waals surface area (Å²) >= 11 is 0. The Hall–Kier alpha value is -1.45. The summed E-state index contributed by atoms with van der Waals surface area (Å²) in [6.45, 7) is 4.05. The van der Waals surface area contributed by atoms with Gasteiger partial charge in [0.05, 0.1) is 12.6 Å². The van der Waals surface area contributed by atoms with Crippen LogP contribution >= 0.6 is 0 Å². The van der Waals surface area contributed by atoms with Gasteiger partial charge in [-0.15, -0.1) is 0 Å². The largest absolute Gasteiger partial charge is 0.368 e. The molecule has 6 heteroatoms. The number of hydrazine groups is 1. The number of amides is 1. The van der Waals surface area contributed by atoms with E-state index in [9.17, 15) is 9.59 Å². The van der Waals surface area contributed by atoms with Gasteiger partial charge >= 0.3 is 0 Å². The van der Waals surface area contributed by atoms with Gasteiger partial charge < -0.3 is 10.5 Å². The van der Waals surface area contributed by atoms with Crippen LogP contribution in [0.2, 0.25) is 0 Å². The maximum atomic E-state index is 11.4. The molecule has 1 unspecified atom stereocenters. The molecule has 1 atom stereocenters. The number of nitrogens with zero attached hydrogens (tertiary/aromatic N) is 3. The average molecular weight is 238 g/mol. The van der Waals surface area contributed by atoms with Gasteiger partial charge in [0.2, 0.25) is 5.91 Å². The Morgan fingerprint density at radius 2 is 2.35 bits per heavy atom. The van der Waals surface area contributed by atoms with Crippen molar-refractivity contribution in [2.24, 2.45) is 5.73 Å². The van der Waals surface area contributed by atoms with Crippen molar-refractivity contribution in [2.45, 2.75) is 38.3 Å². The van der Waals surface area contributed by atoms with Crippen molar-refractivity contribution in [3.05, 3.63) is 0 Å². The summed E-state index contributed by atoms with van der Waals surface area (Å²) in [5.74, 6) is -0.511. The number of aldehydes is 1. The number of nitrogens with two attached hydrogens (primary N) is 1. The molecular weight excluding hydrogens is 220 g/mol. The first-order chi connectivity index (χ1) is 7.95. The predicted molar refractivity (Wildman–Crippen MR) is 61.4 cm³/mol. The Kier molecular flexibility index (Phi) is 4.21. The summed E-state index contributed by atoms with van der Waals surface area (Å²) in [6.07, 6.45) is 2.35. The minimum atomic E-state index is -0.972. The van der Waals surface area contributed by atoms with Crippen molar-refractivity contribution in [1.82, 2.24) is 10.0 Å². The number of carbonyl (C=O) groups is 2. The average Bonchev–Trinajstić information content (AvgIpc) is 2.72. The molecule has 6 nitrogen and oxygen atoms in total. The zero-order chi connectivity index (χ0) is 13.1. The van der Waals surface area contributed by atoms with E-state index in [0.29, 0.717) is 6.54 Å². The van der Waals surface area contributed by atoms with Gasteiger partial charge in [0.25, 0.3) is 0 Å². The monoisotopic (exact) mass is 238 g/mol. The fourth-order valence-corrected chi connectivity index (χ4v) is 2.02. The molecule has 0 bridgehead atoms. The van der Waals surface area contributed by atoms with Crippen LogP contribution in [0.5, 0.6) is 0 Å². The van der Waals surface area contributed by atoms with E-state index in [0.717, 1.165) is 19.1 Å². The van der Waals surface area contributed by atoms with Gasteiger partial charge in [0.15, 0.2) is 0 Å². The van der Waals surface area contributed by atoms with E-state index in [1.54, 1.807) is 23.9 Å². The van der Waals surface area contributed by atoms with Crippen LogP contribution in [-0.4, -0.2) is 46.9 Å². The fourth-order valence-electron chi connectivity index (χ4n) is 2.02. The SMILES string of the molecule is CC(C)(C(N)=O)N(CC=O)N1CCCC1C#N. The molecule has 1 fully saturated rings. The Labute approximate surface area is 101 Å². The van der Waals surface area contributed by atoms with Crippen LogP contribution in [0.25, 0.3) is 0 Å². The topological polar surface area (TPSA) is 90.4 Å². The van der Waals surface area contributed by atoms with E-state index in [-0.39, 0.29) is 12.6 Å². The van der Waals surface area contributed by atoms with Gasteiger partial charge in [0.1, 0.15) is 17.9 Å². The van der Waals surface area contributed by atoms with Crippen molar-refractivity contribution in [3.63, 3.8) is 0 Å². The summed E-state index contributed by atoms with van der Waals surface area (Å²) in [5, 5.41) is 12.4. The van der Waals surface area contributed by atoms with Crippen LogP contribution < -0.4 is 5.73 Å². The molecule has 1 rings (SSSR count). The van der Waals surface area contributed by atoms with E-state index in [1.807, 2.05) is 0 Å². The Balaban J connectivity index is 2.97. The molecule has 94 valence electrons. The van der Waals surface area contributed by atoms with Crippen molar-refractivity contribution in [1.29, 1.82) is 5.26 Å². The smallest absolute Gasteiger partial charge is 0.238 e. The molecule has 1 aliphatic heterocycles. The summed E-state index contributed by atoms with van der Waals surface area (Å²) in [6, 6.07) is 1.90. The summed E-state index contributed by atoms with van der Waals surface area (Å²) < 4.78 is 0. The molecule has 2 N–H and O–H groups in total. The van der Waals surface area contributed by atoms with Crippen LogP contribution in [0.3, 0.4) is 0 Å². The Bertz CT molecular complexity index is 348. The van der Waals surface area contributed by atoms with E-state index in [4.69, 9.17) is 11.0 Å². The van der Waals surface area contributed by atoms with Gasteiger partial charge in [-0.05, 0) is 26.7 Å². The molecule has 0 saturated carbocycles. The molecule has 0 aromatic carbocycles. The lowest BCUT2D eigenvalue weighted by Crippen LogP contribution is -2.61.